The van der Waals surface area contributed by atoms with Gasteiger partial charge in [-0.05, 0) is 42.0 Å². The highest BCUT2D eigenvalue weighted by atomic mass is 35.5. The van der Waals surface area contributed by atoms with Gasteiger partial charge in [0.05, 0.1) is 13.3 Å². The lowest BCUT2D eigenvalue weighted by Gasteiger charge is -2.13. The summed E-state index contributed by atoms with van der Waals surface area (Å²) in [6.45, 7) is 0.289. The van der Waals surface area contributed by atoms with E-state index in [4.69, 9.17) is 33.3 Å². The van der Waals surface area contributed by atoms with Crippen molar-refractivity contribution in [2.24, 2.45) is 5.10 Å². The van der Waals surface area contributed by atoms with Crippen molar-refractivity contribution in [2.75, 3.05) is 7.11 Å². The minimum Gasteiger partial charge on any atom is -0.493 e. The molecule has 0 spiro atoms. The molecule has 3 aromatic rings. The fourth-order valence-electron chi connectivity index (χ4n) is 2.31. The van der Waals surface area contributed by atoms with Crippen LogP contribution in [0.25, 0.3) is 0 Å². The molecule has 0 atom stereocenters. The van der Waals surface area contributed by atoms with E-state index < -0.39 is 5.56 Å². The van der Waals surface area contributed by atoms with Crippen molar-refractivity contribution in [3.63, 3.8) is 0 Å². The van der Waals surface area contributed by atoms with Crippen LogP contribution in [0, 0.1) is 4.77 Å². The lowest BCUT2D eigenvalue weighted by molar-refractivity contribution is 0.284. The molecule has 27 heavy (non-hydrogen) atoms. The summed E-state index contributed by atoms with van der Waals surface area (Å²) in [6.07, 6.45) is 2.57. The summed E-state index contributed by atoms with van der Waals surface area (Å²) in [5, 5.41) is 10.9. The smallest absolute Gasteiger partial charge is 0.293 e. The second-order valence-electron chi connectivity index (χ2n) is 5.37. The molecule has 7 nitrogen and oxygen atoms in total. The van der Waals surface area contributed by atoms with Crippen LogP contribution >= 0.6 is 23.8 Å². The van der Waals surface area contributed by atoms with E-state index in [1.165, 1.54) is 6.21 Å². The number of rotatable bonds is 6. The molecule has 138 valence electrons. The molecule has 0 unspecified atom stereocenters. The number of nitrogens with zero attached hydrogens (tertiary/aromatic N) is 3. The van der Waals surface area contributed by atoms with Gasteiger partial charge < -0.3 is 9.47 Å². The Hall–Kier alpha value is -2.97. The maximum absolute atomic E-state index is 11.8. The van der Waals surface area contributed by atoms with E-state index in [1.807, 2.05) is 18.2 Å². The van der Waals surface area contributed by atoms with Gasteiger partial charge in [-0.1, -0.05) is 29.8 Å². The van der Waals surface area contributed by atoms with Crippen LogP contribution in [-0.4, -0.2) is 28.2 Å². The minimum absolute atomic E-state index is 0.0861. The molecular formula is C18H15ClN4O3S. The maximum atomic E-state index is 11.8. The van der Waals surface area contributed by atoms with Crippen molar-refractivity contribution >= 4 is 30.0 Å². The van der Waals surface area contributed by atoms with E-state index in [0.29, 0.717) is 22.1 Å². The largest absolute Gasteiger partial charge is 0.493 e. The maximum Gasteiger partial charge on any atom is 0.293 e. The van der Waals surface area contributed by atoms with Crippen molar-refractivity contribution in [3.05, 3.63) is 79.9 Å². The number of halogens is 1. The highest BCUT2D eigenvalue weighted by Crippen LogP contribution is 2.31. The Morgan fingerprint density at radius 3 is 2.89 bits per heavy atom. The molecule has 0 aliphatic rings. The summed E-state index contributed by atoms with van der Waals surface area (Å²) in [5.41, 5.74) is 1.08. The average molecular weight is 403 g/mol. The van der Waals surface area contributed by atoms with Crippen molar-refractivity contribution < 1.29 is 9.47 Å². The Bertz CT molecular complexity index is 1070. The molecule has 9 heteroatoms. The van der Waals surface area contributed by atoms with Gasteiger partial charge >= 0.3 is 0 Å². The number of hydrogen-bond donors (Lipinski definition) is 1. The van der Waals surface area contributed by atoms with Gasteiger partial charge in [0, 0.05) is 10.6 Å². The zero-order chi connectivity index (χ0) is 19.2. The summed E-state index contributed by atoms with van der Waals surface area (Å²) in [5.74, 6) is 1.02. The SMILES string of the molecule is COc1cccc(/C=N/n2c(=O)cn[nH]c2=S)c1OCc1cccc(Cl)c1. The van der Waals surface area contributed by atoms with E-state index >= 15 is 0 Å². The van der Waals surface area contributed by atoms with E-state index in [0.717, 1.165) is 16.4 Å². The van der Waals surface area contributed by atoms with Crippen LogP contribution in [0.1, 0.15) is 11.1 Å². The Labute approximate surface area is 164 Å². The standard InChI is InChI=1S/C18H15ClN4O3S/c1-25-15-7-3-5-13(9-21-23-16(24)10-20-22-18(23)27)17(15)26-11-12-4-2-6-14(19)8-12/h2-10H,11H2,1H3,(H,22,27)/b21-9+. The number of benzene rings is 2. The van der Waals surface area contributed by atoms with Gasteiger partial charge in [-0.3, -0.25) is 9.89 Å². The normalized spacial score (nSPS) is 10.9. The van der Waals surface area contributed by atoms with Gasteiger partial charge in [0.1, 0.15) is 12.8 Å². The predicted molar refractivity (Wildman–Crippen MR) is 105 cm³/mol. The quantitative estimate of drug-likeness (QED) is 0.504. The molecule has 1 aromatic heterocycles. The molecule has 1 heterocycles. The third-order valence-corrected chi connectivity index (χ3v) is 4.05. The lowest BCUT2D eigenvalue weighted by Crippen LogP contribution is -2.18. The van der Waals surface area contributed by atoms with E-state index in [-0.39, 0.29) is 11.4 Å². The molecule has 1 N–H and O–H groups in total. The number of hydrogen-bond acceptors (Lipinski definition) is 6. The zero-order valence-electron chi connectivity index (χ0n) is 14.3. The summed E-state index contributed by atoms with van der Waals surface area (Å²) < 4.78 is 12.4. The van der Waals surface area contributed by atoms with Crippen LogP contribution in [0.4, 0.5) is 0 Å². The van der Waals surface area contributed by atoms with Gasteiger partial charge in [0.2, 0.25) is 4.77 Å². The highest BCUT2D eigenvalue weighted by molar-refractivity contribution is 7.71. The van der Waals surface area contributed by atoms with Crippen LogP contribution in [0.5, 0.6) is 11.5 Å². The fraction of sp³-hybridized carbons (Fsp3) is 0.111. The number of nitrogens with one attached hydrogen (secondary N) is 1. The zero-order valence-corrected chi connectivity index (χ0v) is 15.8. The molecule has 0 saturated carbocycles. The molecule has 0 aliphatic heterocycles. The van der Waals surface area contributed by atoms with Gasteiger partial charge in [-0.25, -0.2) is 0 Å². The Balaban J connectivity index is 1.93. The second-order valence-corrected chi connectivity index (χ2v) is 6.19. The van der Waals surface area contributed by atoms with Crippen molar-refractivity contribution in [3.8, 4) is 11.5 Å². The second kappa shape index (κ2) is 8.61. The third-order valence-electron chi connectivity index (χ3n) is 3.55. The third kappa shape index (κ3) is 4.60. The number of methoxy groups -OCH3 is 1. The number of aromatic nitrogens is 3. The highest BCUT2D eigenvalue weighted by Gasteiger charge is 2.10. The Kier molecular flexibility index (Phi) is 6.00. The van der Waals surface area contributed by atoms with Gasteiger partial charge in [-0.2, -0.15) is 14.9 Å². The van der Waals surface area contributed by atoms with Crippen molar-refractivity contribution in [1.29, 1.82) is 0 Å². The first-order valence-electron chi connectivity index (χ1n) is 7.84. The number of ether oxygens (including phenoxy) is 2. The lowest BCUT2D eigenvalue weighted by atomic mass is 10.2. The van der Waals surface area contributed by atoms with Gasteiger partial charge in [0.15, 0.2) is 11.5 Å². The molecular weight excluding hydrogens is 388 g/mol. The molecule has 0 aliphatic carbocycles. The molecule has 2 aromatic carbocycles. The summed E-state index contributed by atoms with van der Waals surface area (Å²) in [6, 6.07) is 12.7. The first kappa shape index (κ1) is 18.8. The van der Waals surface area contributed by atoms with Crippen molar-refractivity contribution in [2.45, 2.75) is 6.61 Å². The van der Waals surface area contributed by atoms with E-state index in [9.17, 15) is 4.79 Å². The van der Waals surface area contributed by atoms with E-state index in [2.05, 4.69) is 15.3 Å². The van der Waals surface area contributed by atoms with E-state index in [1.54, 1.807) is 31.4 Å². The average Bonchev–Trinajstić information content (AvgIpc) is 2.66. The van der Waals surface area contributed by atoms with Gasteiger partial charge in [0.25, 0.3) is 5.56 Å². The van der Waals surface area contributed by atoms with Crippen LogP contribution in [-0.2, 0) is 6.61 Å². The topological polar surface area (TPSA) is 81.5 Å². The number of H-pyrrole nitrogens is 1. The fourth-order valence-corrected chi connectivity index (χ4v) is 2.71. The molecule has 0 fully saturated rings. The molecule has 0 radical (unpaired) electrons. The van der Waals surface area contributed by atoms with Crippen LogP contribution < -0.4 is 15.0 Å². The Morgan fingerprint density at radius 2 is 2.15 bits per heavy atom. The summed E-state index contributed by atoms with van der Waals surface area (Å²) in [7, 11) is 1.55. The molecule has 0 amide bonds. The van der Waals surface area contributed by atoms with Crippen LogP contribution in [0.3, 0.4) is 0 Å². The van der Waals surface area contributed by atoms with Crippen molar-refractivity contribution in [1.82, 2.24) is 14.9 Å². The molecule has 0 bridgehead atoms. The number of aromatic amines is 1. The van der Waals surface area contributed by atoms with Gasteiger partial charge in [-0.15, -0.1) is 0 Å². The first-order chi connectivity index (χ1) is 13.1. The minimum atomic E-state index is -0.445. The Morgan fingerprint density at radius 1 is 1.33 bits per heavy atom. The predicted octanol–water partition coefficient (Wildman–Crippen LogP) is 3.42. The van der Waals surface area contributed by atoms with Crippen LogP contribution in [0.15, 0.2) is 58.6 Å². The molecule has 0 saturated heterocycles. The molecule has 3 rings (SSSR count). The summed E-state index contributed by atoms with van der Waals surface area (Å²) >= 11 is 11.0. The first-order valence-corrected chi connectivity index (χ1v) is 8.62. The number of para-hydroxylation sites is 1. The monoisotopic (exact) mass is 402 g/mol. The summed E-state index contributed by atoms with van der Waals surface area (Å²) in [4.78, 5) is 11.8. The van der Waals surface area contributed by atoms with Crippen LogP contribution in [0.2, 0.25) is 5.02 Å².